The van der Waals surface area contributed by atoms with Crippen molar-refractivity contribution in [2.75, 3.05) is 7.05 Å². The molecule has 20 heavy (non-hydrogen) atoms. The predicted octanol–water partition coefficient (Wildman–Crippen LogP) is 1.21. The smallest absolute Gasteiger partial charge is 0.269 e. The van der Waals surface area contributed by atoms with Crippen molar-refractivity contribution in [2.24, 2.45) is 4.99 Å². The van der Waals surface area contributed by atoms with E-state index < -0.39 is 6.10 Å². The van der Waals surface area contributed by atoms with Crippen molar-refractivity contribution in [3.05, 3.63) is 22.7 Å². The summed E-state index contributed by atoms with van der Waals surface area (Å²) in [5.74, 6) is 0.129. The summed E-state index contributed by atoms with van der Waals surface area (Å²) in [5, 5.41) is 22.0. The van der Waals surface area contributed by atoms with E-state index in [4.69, 9.17) is 0 Å². The Morgan fingerprint density at radius 1 is 1.60 bits per heavy atom. The first-order chi connectivity index (χ1) is 9.55. The molecule has 7 heteroatoms. The zero-order valence-electron chi connectivity index (χ0n) is 11.5. The van der Waals surface area contributed by atoms with Gasteiger partial charge in [0, 0.05) is 19.0 Å². The third-order valence-corrected chi connectivity index (χ3v) is 4.56. The molecule has 0 unspecified atom stereocenters. The third-order valence-electron chi connectivity index (χ3n) is 3.30. The number of hydrogen-bond acceptors (Lipinski definition) is 6. The number of aromatic nitrogens is 2. The number of aliphatic hydroxyl groups is 1. The lowest BCUT2D eigenvalue weighted by molar-refractivity contribution is -0.116. The summed E-state index contributed by atoms with van der Waals surface area (Å²) in [6, 6.07) is 0.142. The number of nitrogens with zero attached hydrogens (tertiary/aromatic N) is 3. The monoisotopic (exact) mass is 294 g/mol. The van der Waals surface area contributed by atoms with Gasteiger partial charge in [0.2, 0.25) is 0 Å². The number of amides is 1. The normalized spacial score (nSPS) is 23.9. The van der Waals surface area contributed by atoms with Crippen LogP contribution in [-0.2, 0) is 4.79 Å². The van der Waals surface area contributed by atoms with Gasteiger partial charge >= 0.3 is 0 Å². The molecule has 0 bridgehead atoms. The molecule has 1 saturated carbocycles. The van der Waals surface area contributed by atoms with E-state index in [9.17, 15) is 9.90 Å². The van der Waals surface area contributed by atoms with Crippen molar-refractivity contribution >= 4 is 23.0 Å². The molecule has 1 heterocycles. The van der Waals surface area contributed by atoms with Gasteiger partial charge in [-0.3, -0.25) is 9.79 Å². The van der Waals surface area contributed by atoms with E-state index in [2.05, 4.69) is 27.1 Å². The minimum absolute atomic E-state index is 0.142. The second-order valence-electron chi connectivity index (χ2n) is 4.81. The van der Waals surface area contributed by atoms with Crippen LogP contribution in [0.15, 0.2) is 17.6 Å². The molecular formula is C13H18N4O2S. The highest BCUT2D eigenvalue weighted by molar-refractivity contribution is 7.11. The van der Waals surface area contributed by atoms with Crippen molar-refractivity contribution in [2.45, 2.75) is 37.8 Å². The van der Waals surface area contributed by atoms with Gasteiger partial charge in [0.15, 0.2) is 0 Å². The van der Waals surface area contributed by atoms with Gasteiger partial charge < -0.3 is 10.4 Å². The highest BCUT2D eigenvalue weighted by Crippen LogP contribution is 2.38. The molecule has 108 valence electrons. The molecule has 1 aliphatic carbocycles. The molecule has 1 amide bonds. The fraction of sp³-hybridized carbons (Fsp3) is 0.538. The highest BCUT2D eigenvalue weighted by atomic mass is 32.1. The summed E-state index contributed by atoms with van der Waals surface area (Å²) in [6.07, 6.45) is 2.56. The Morgan fingerprint density at radius 3 is 2.80 bits per heavy atom. The molecule has 1 aromatic heterocycles. The second-order valence-corrected chi connectivity index (χ2v) is 5.85. The van der Waals surface area contributed by atoms with E-state index in [1.807, 2.05) is 0 Å². The molecule has 1 fully saturated rings. The van der Waals surface area contributed by atoms with Crippen molar-refractivity contribution < 1.29 is 9.90 Å². The van der Waals surface area contributed by atoms with E-state index >= 15 is 0 Å². The molecule has 0 radical (unpaired) electrons. The van der Waals surface area contributed by atoms with E-state index in [-0.39, 0.29) is 11.9 Å². The number of aliphatic hydroxyl groups excluding tert-OH is 1. The summed E-state index contributed by atoms with van der Waals surface area (Å²) in [7, 11) is 1.57. The van der Waals surface area contributed by atoms with Gasteiger partial charge in [0.05, 0.1) is 0 Å². The maximum atomic E-state index is 11.8. The Bertz CT molecular complexity index is 532. The Morgan fingerprint density at radius 2 is 2.30 bits per heavy atom. The van der Waals surface area contributed by atoms with Crippen LogP contribution in [0.4, 0.5) is 0 Å². The molecule has 1 atom stereocenters. The van der Waals surface area contributed by atoms with E-state index in [0.717, 1.165) is 17.8 Å². The minimum Gasteiger partial charge on any atom is -0.386 e. The molecule has 2 N–H and O–H groups in total. The Hall–Kier alpha value is -1.60. The first-order valence-corrected chi connectivity index (χ1v) is 7.28. The van der Waals surface area contributed by atoms with Crippen LogP contribution < -0.4 is 5.32 Å². The molecule has 0 spiro atoms. The maximum Gasteiger partial charge on any atom is 0.269 e. The average molecular weight is 294 g/mol. The van der Waals surface area contributed by atoms with Crippen LogP contribution in [0, 0.1) is 0 Å². The first-order valence-electron chi connectivity index (χ1n) is 6.46. The molecule has 2 rings (SSSR count). The van der Waals surface area contributed by atoms with Crippen LogP contribution in [-0.4, -0.2) is 40.0 Å². The zero-order valence-corrected chi connectivity index (χ0v) is 12.4. The average Bonchev–Trinajstić information content (AvgIpc) is 2.84. The van der Waals surface area contributed by atoms with Crippen LogP contribution >= 0.6 is 11.3 Å². The van der Waals surface area contributed by atoms with Crippen molar-refractivity contribution in [3.8, 4) is 0 Å². The Balaban J connectivity index is 1.85. The SMILES string of the molecule is C=CC(=NC)C(=O)NC1CC(c2nnc([C@@H](C)O)s2)C1. The molecular weight excluding hydrogens is 276 g/mol. The molecule has 1 aliphatic rings. The van der Waals surface area contributed by atoms with Gasteiger partial charge in [-0.25, -0.2) is 0 Å². The summed E-state index contributed by atoms with van der Waals surface area (Å²) in [5.41, 5.74) is 0.348. The van der Waals surface area contributed by atoms with Gasteiger partial charge in [0.25, 0.3) is 5.91 Å². The van der Waals surface area contributed by atoms with Crippen LogP contribution in [0.3, 0.4) is 0 Å². The standard InChI is InChI=1S/C13H18N4O2S/c1-4-10(14-3)11(19)15-9-5-8(6-9)13-17-16-12(20-13)7(2)18/h4,7-9,18H,1,5-6H2,2-3H3,(H,15,19)/t7-,8?,9?/m1/s1. The van der Waals surface area contributed by atoms with Crippen molar-refractivity contribution in [1.82, 2.24) is 15.5 Å². The van der Waals surface area contributed by atoms with Gasteiger partial charge in [0.1, 0.15) is 21.8 Å². The lowest BCUT2D eigenvalue weighted by Gasteiger charge is -2.34. The Labute approximate surface area is 121 Å². The van der Waals surface area contributed by atoms with Gasteiger partial charge in [-0.1, -0.05) is 17.9 Å². The maximum absolute atomic E-state index is 11.8. The van der Waals surface area contributed by atoms with Crippen LogP contribution in [0.2, 0.25) is 0 Å². The lowest BCUT2D eigenvalue weighted by Crippen LogP contribution is -2.45. The van der Waals surface area contributed by atoms with Crippen molar-refractivity contribution in [3.63, 3.8) is 0 Å². The minimum atomic E-state index is -0.576. The van der Waals surface area contributed by atoms with Crippen molar-refractivity contribution in [1.29, 1.82) is 0 Å². The lowest BCUT2D eigenvalue weighted by atomic mass is 9.80. The quantitative estimate of drug-likeness (QED) is 0.799. The highest BCUT2D eigenvalue weighted by Gasteiger charge is 2.34. The number of hydrogen-bond donors (Lipinski definition) is 2. The molecule has 0 aromatic carbocycles. The zero-order chi connectivity index (χ0) is 14.7. The van der Waals surface area contributed by atoms with Gasteiger partial charge in [-0.05, 0) is 25.8 Å². The third kappa shape index (κ3) is 3.10. The van der Waals surface area contributed by atoms with E-state index in [1.165, 1.54) is 17.4 Å². The largest absolute Gasteiger partial charge is 0.386 e. The summed E-state index contributed by atoms with van der Waals surface area (Å²) in [6.45, 7) is 5.23. The second kappa shape index (κ2) is 6.23. The number of carbonyl (C=O) groups is 1. The summed E-state index contributed by atoms with van der Waals surface area (Å²) in [4.78, 5) is 15.6. The van der Waals surface area contributed by atoms with Crippen LogP contribution in [0.25, 0.3) is 0 Å². The number of carbonyl (C=O) groups excluding carboxylic acids is 1. The molecule has 0 saturated heterocycles. The molecule has 0 aliphatic heterocycles. The summed E-state index contributed by atoms with van der Waals surface area (Å²) < 4.78 is 0. The first kappa shape index (κ1) is 14.8. The molecule has 6 nitrogen and oxygen atoms in total. The van der Waals surface area contributed by atoms with Gasteiger partial charge in [-0.2, -0.15) is 0 Å². The topological polar surface area (TPSA) is 87.5 Å². The summed E-state index contributed by atoms with van der Waals surface area (Å²) >= 11 is 1.44. The van der Waals surface area contributed by atoms with Gasteiger partial charge in [-0.15, -0.1) is 10.2 Å². The number of aliphatic imine (C=N–C) groups is 1. The molecule has 1 aromatic rings. The Kier molecular flexibility index (Phi) is 4.61. The number of rotatable bonds is 5. The van der Waals surface area contributed by atoms with Crippen LogP contribution in [0.5, 0.6) is 0 Å². The fourth-order valence-corrected chi connectivity index (χ4v) is 2.97. The van der Waals surface area contributed by atoms with Crippen LogP contribution in [0.1, 0.15) is 41.8 Å². The fourth-order valence-electron chi connectivity index (χ4n) is 2.06. The van der Waals surface area contributed by atoms with E-state index in [0.29, 0.717) is 16.6 Å². The van der Waals surface area contributed by atoms with E-state index in [1.54, 1.807) is 14.0 Å². The predicted molar refractivity (Wildman–Crippen MR) is 78.0 cm³/mol. The number of nitrogens with one attached hydrogen (secondary N) is 1.